The van der Waals surface area contributed by atoms with Gasteiger partial charge >= 0.3 is 0 Å². The van der Waals surface area contributed by atoms with Crippen LogP contribution in [0.15, 0.2) is 0 Å². The molecule has 0 heterocycles. The number of nitrogens with one attached hydrogen (secondary N) is 2. The Morgan fingerprint density at radius 3 is 1.14 bits per heavy atom. The van der Waals surface area contributed by atoms with Gasteiger partial charge in [-0.2, -0.15) is 0 Å². The van der Waals surface area contributed by atoms with Crippen LogP contribution >= 0.6 is 0 Å². The largest absolute Gasteiger partial charge is 0.349 e. The van der Waals surface area contributed by atoms with Gasteiger partial charge in [-0.3, -0.25) is 9.59 Å². The summed E-state index contributed by atoms with van der Waals surface area (Å²) >= 11 is 0. The van der Waals surface area contributed by atoms with Gasteiger partial charge in [0.25, 0.3) is 0 Å². The van der Waals surface area contributed by atoms with Crippen LogP contribution in [0.1, 0.15) is 41.5 Å². The quantitative estimate of drug-likeness (QED) is 0.708. The van der Waals surface area contributed by atoms with Crippen molar-refractivity contribution in [1.82, 2.24) is 10.6 Å². The van der Waals surface area contributed by atoms with E-state index in [-0.39, 0.29) is 11.8 Å². The summed E-state index contributed by atoms with van der Waals surface area (Å²) in [5.41, 5.74) is -0.963. The van der Waals surface area contributed by atoms with Gasteiger partial charge in [-0.25, -0.2) is 0 Å². The number of amides is 2. The second-order valence-corrected chi connectivity index (χ2v) is 4.61. The van der Waals surface area contributed by atoms with E-state index >= 15 is 0 Å². The summed E-state index contributed by atoms with van der Waals surface area (Å²) in [5, 5.41) is 5.62. The number of hydrogen-bond acceptors (Lipinski definition) is 2. The van der Waals surface area contributed by atoms with Crippen molar-refractivity contribution in [2.45, 2.75) is 52.6 Å². The SMILES string of the molecule is CC(=O)NC(C)(C)C(C)(C)NC(C)=O. The molecule has 0 bridgehead atoms. The fourth-order valence-electron chi connectivity index (χ4n) is 1.19. The highest BCUT2D eigenvalue weighted by atomic mass is 16.2. The Bertz CT molecular complexity index is 219. The van der Waals surface area contributed by atoms with Crippen LogP contribution in [0.5, 0.6) is 0 Å². The van der Waals surface area contributed by atoms with Gasteiger partial charge in [-0.1, -0.05) is 0 Å². The van der Waals surface area contributed by atoms with E-state index in [0.29, 0.717) is 0 Å². The van der Waals surface area contributed by atoms with Crippen molar-refractivity contribution in [3.63, 3.8) is 0 Å². The first-order valence-corrected chi connectivity index (χ1v) is 4.66. The average Bonchev–Trinajstić information content (AvgIpc) is 1.78. The lowest BCUT2D eigenvalue weighted by Gasteiger charge is -2.42. The Morgan fingerprint density at radius 1 is 0.786 bits per heavy atom. The second kappa shape index (κ2) is 3.98. The highest BCUT2D eigenvalue weighted by molar-refractivity contribution is 5.76. The molecule has 82 valence electrons. The molecule has 0 rings (SSSR count). The predicted molar refractivity (Wildman–Crippen MR) is 55.8 cm³/mol. The van der Waals surface area contributed by atoms with E-state index in [1.165, 1.54) is 13.8 Å². The van der Waals surface area contributed by atoms with Gasteiger partial charge in [0.1, 0.15) is 0 Å². The summed E-state index contributed by atoms with van der Waals surface area (Å²) < 4.78 is 0. The molecule has 2 N–H and O–H groups in total. The molecule has 0 spiro atoms. The van der Waals surface area contributed by atoms with Crippen molar-refractivity contribution in [3.8, 4) is 0 Å². The molecule has 0 aliphatic heterocycles. The van der Waals surface area contributed by atoms with E-state index in [2.05, 4.69) is 10.6 Å². The monoisotopic (exact) mass is 200 g/mol. The Kier molecular flexibility index (Phi) is 3.68. The fourth-order valence-corrected chi connectivity index (χ4v) is 1.19. The molecule has 0 saturated carbocycles. The minimum atomic E-state index is -0.482. The molecule has 0 saturated heterocycles. The summed E-state index contributed by atoms with van der Waals surface area (Å²) in [7, 11) is 0. The molecule has 0 aliphatic carbocycles. The normalized spacial score (nSPS) is 12.1. The van der Waals surface area contributed by atoms with Crippen molar-refractivity contribution in [2.75, 3.05) is 0 Å². The van der Waals surface area contributed by atoms with Crippen molar-refractivity contribution in [2.24, 2.45) is 0 Å². The number of rotatable bonds is 3. The Morgan fingerprint density at radius 2 is 1.00 bits per heavy atom. The highest BCUT2D eigenvalue weighted by Crippen LogP contribution is 2.20. The third-order valence-electron chi connectivity index (χ3n) is 2.54. The molecule has 0 aromatic carbocycles. The maximum Gasteiger partial charge on any atom is 0.217 e. The van der Waals surface area contributed by atoms with E-state index in [4.69, 9.17) is 0 Å². The van der Waals surface area contributed by atoms with E-state index < -0.39 is 11.1 Å². The van der Waals surface area contributed by atoms with Crippen molar-refractivity contribution >= 4 is 11.8 Å². The van der Waals surface area contributed by atoms with Gasteiger partial charge in [0, 0.05) is 13.8 Å². The second-order valence-electron chi connectivity index (χ2n) is 4.61. The molecule has 2 amide bonds. The standard InChI is InChI=1S/C10H20N2O2/c1-7(13)11-9(3,4)10(5,6)12-8(2)14/h1-6H3,(H,11,13)(H,12,14). The van der Waals surface area contributed by atoms with E-state index in [9.17, 15) is 9.59 Å². The summed E-state index contributed by atoms with van der Waals surface area (Å²) in [6, 6.07) is 0. The van der Waals surface area contributed by atoms with Crippen LogP contribution in [-0.2, 0) is 9.59 Å². The van der Waals surface area contributed by atoms with Gasteiger partial charge in [0.15, 0.2) is 0 Å². The predicted octanol–water partition coefficient (Wildman–Crippen LogP) is 0.816. The van der Waals surface area contributed by atoms with Crippen LogP contribution in [0, 0.1) is 0 Å². The third-order valence-corrected chi connectivity index (χ3v) is 2.54. The Labute approximate surface area is 85.4 Å². The Hall–Kier alpha value is -1.06. The van der Waals surface area contributed by atoms with Gasteiger partial charge < -0.3 is 10.6 Å². The van der Waals surface area contributed by atoms with Crippen LogP contribution in [0.2, 0.25) is 0 Å². The lowest BCUT2D eigenvalue weighted by Crippen LogP contribution is -2.64. The minimum Gasteiger partial charge on any atom is -0.349 e. The summed E-state index contributed by atoms with van der Waals surface area (Å²) in [6.07, 6.45) is 0. The third kappa shape index (κ3) is 3.36. The van der Waals surface area contributed by atoms with Gasteiger partial charge in [-0.15, -0.1) is 0 Å². The number of carbonyl (C=O) groups is 2. The summed E-state index contributed by atoms with van der Waals surface area (Å²) in [5.74, 6) is -0.207. The molecule has 0 aliphatic rings. The van der Waals surface area contributed by atoms with Gasteiger partial charge in [-0.05, 0) is 27.7 Å². The molecule has 0 aromatic heterocycles. The first-order chi connectivity index (χ1) is 6.08. The molecular formula is C10H20N2O2. The summed E-state index contributed by atoms with van der Waals surface area (Å²) in [4.78, 5) is 21.9. The average molecular weight is 200 g/mol. The highest BCUT2D eigenvalue weighted by Gasteiger charge is 2.38. The molecule has 14 heavy (non-hydrogen) atoms. The number of carbonyl (C=O) groups excluding carboxylic acids is 2. The van der Waals surface area contributed by atoms with Crippen molar-refractivity contribution in [1.29, 1.82) is 0 Å². The fraction of sp³-hybridized carbons (Fsp3) is 0.800. The lowest BCUT2D eigenvalue weighted by atomic mass is 9.82. The zero-order valence-corrected chi connectivity index (χ0v) is 9.82. The molecule has 0 radical (unpaired) electrons. The topological polar surface area (TPSA) is 58.2 Å². The smallest absolute Gasteiger partial charge is 0.217 e. The maximum atomic E-state index is 11.0. The van der Waals surface area contributed by atoms with Crippen LogP contribution < -0.4 is 10.6 Å². The molecule has 4 nitrogen and oxygen atoms in total. The molecular weight excluding hydrogens is 180 g/mol. The molecule has 0 unspecified atom stereocenters. The van der Waals surface area contributed by atoms with Crippen LogP contribution in [0.25, 0.3) is 0 Å². The van der Waals surface area contributed by atoms with Crippen molar-refractivity contribution in [3.05, 3.63) is 0 Å². The van der Waals surface area contributed by atoms with E-state index in [1.54, 1.807) is 0 Å². The molecule has 0 fully saturated rings. The van der Waals surface area contributed by atoms with Crippen LogP contribution in [0.3, 0.4) is 0 Å². The van der Waals surface area contributed by atoms with E-state index in [0.717, 1.165) is 0 Å². The minimum absolute atomic E-state index is 0.103. The Balaban J connectivity index is 4.67. The van der Waals surface area contributed by atoms with E-state index in [1.807, 2.05) is 27.7 Å². The van der Waals surface area contributed by atoms with Crippen molar-refractivity contribution < 1.29 is 9.59 Å². The van der Waals surface area contributed by atoms with Crippen LogP contribution in [-0.4, -0.2) is 22.9 Å². The molecule has 0 aromatic rings. The first kappa shape index (κ1) is 12.9. The zero-order chi connectivity index (χ0) is 11.6. The summed E-state index contributed by atoms with van der Waals surface area (Å²) in [6.45, 7) is 10.4. The lowest BCUT2D eigenvalue weighted by molar-refractivity contribution is -0.125. The van der Waals surface area contributed by atoms with Gasteiger partial charge in [0.2, 0.25) is 11.8 Å². The zero-order valence-electron chi connectivity index (χ0n) is 9.82. The molecule has 4 heteroatoms. The van der Waals surface area contributed by atoms with Crippen LogP contribution in [0.4, 0.5) is 0 Å². The van der Waals surface area contributed by atoms with Gasteiger partial charge in [0.05, 0.1) is 11.1 Å². The first-order valence-electron chi connectivity index (χ1n) is 4.66. The molecule has 0 atom stereocenters. The maximum absolute atomic E-state index is 11.0. The number of hydrogen-bond donors (Lipinski definition) is 2.